The van der Waals surface area contributed by atoms with E-state index in [9.17, 15) is 4.79 Å². The van der Waals surface area contributed by atoms with Gasteiger partial charge in [-0.2, -0.15) is 0 Å². The molecule has 0 saturated carbocycles. The molecule has 0 fully saturated rings. The highest BCUT2D eigenvalue weighted by atomic mass is 16.1. The first-order valence-corrected chi connectivity index (χ1v) is 8.91. The van der Waals surface area contributed by atoms with Crippen LogP contribution in [0.3, 0.4) is 0 Å². The van der Waals surface area contributed by atoms with Crippen molar-refractivity contribution in [2.75, 3.05) is 39.6 Å². The minimum absolute atomic E-state index is 0.0725. The van der Waals surface area contributed by atoms with Gasteiger partial charge in [-0.05, 0) is 41.8 Å². The molecule has 1 amide bonds. The second-order valence-corrected chi connectivity index (χ2v) is 6.30. The van der Waals surface area contributed by atoms with Gasteiger partial charge in [-0.15, -0.1) is 0 Å². The Morgan fingerprint density at radius 1 is 1.15 bits per heavy atom. The topological polar surface area (TPSA) is 81.6 Å². The van der Waals surface area contributed by atoms with Crippen molar-refractivity contribution in [3.8, 4) is 0 Å². The number of hydrogen-bond donors (Lipinski definition) is 3. The third-order valence-corrected chi connectivity index (χ3v) is 4.07. The average Bonchev–Trinajstić information content (AvgIpc) is 2.70. The van der Waals surface area contributed by atoms with Crippen LogP contribution in [-0.2, 0) is 13.0 Å². The van der Waals surface area contributed by atoms with Crippen LogP contribution in [-0.4, -0.2) is 51.6 Å². The monoisotopic (exact) mass is 368 g/mol. The summed E-state index contributed by atoms with van der Waals surface area (Å²) in [5.74, 6) is 1.59. The third kappa shape index (κ3) is 6.29. The summed E-state index contributed by atoms with van der Waals surface area (Å²) in [6, 6.07) is 11.7. The van der Waals surface area contributed by atoms with Crippen LogP contribution in [0.25, 0.3) is 0 Å². The van der Waals surface area contributed by atoms with Gasteiger partial charge in [-0.3, -0.25) is 9.79 Å². The highest BCUT2D eigenvalue weighted by molar-refractivity contribution is 5.94. The van der Waals surface area contributed by atoms with Gasteiger partial charge in [0.1, 0.15) is 5.82 Å². The summed E-state index contributed by atoms with van der Waals surface area (Å²) in [7, 11) is 7.33. The maximum Gasteiger partial charge on any atom is 0.251 e. The molecule has 3 N–H and O–H groups in total. The highest BCUT2D eigenvalue weighted by Gasteiger charge is 2.05. The SMILES string of the molecule is CN=C(NCCc1cccc(C(=O)NC)c1)NCc1ccnc(N(C)C)c1. The van der Waals surface area contributed by atoms with Crippen LogP contribution in [0, 0.1) is 0 Å². The highest BCUT2D eigenvalue weighted by Crippen LogP contribution is 2.09. The van der Waals surface area contributed by atoms with Crippen LogP contribution < -0.4 is 20.9 Å². The van der Waals surface area contributed by atoms with Crippen LogP contribution in [0.1, 0.15) is 21.5 Å². The molecule has 0 aliphatic carbocycles. The van der Waals surface area contributed by atoms with Gasteiger partial charge in [0.2, 0.25) is 0 Å². The molecular formula is C20H28N6O. The van der Waals surface area contributed by atoms with Crippen LogP contribution in [0.2, 0.25) is 0 Å². The molecule has 2 aromatic rings. The Balaban J connectivity index is 1.84. The lowest BCUT2D eigenvalue weighted by Crippen LogP contribution is -2.37. The average molecular weight is 368 g/mol. The fourth-order valence-electron chi connectivity index (χ4n) is 2.56. The van der Waals surface area contributed by atoms with Crippen molar-refractivity contribution in [3.63, 3.8) is 0 Å². The van der Waals surface area contributed by atoms with Gasteiger partial charge in [-0.1, -0.05) is 12.1 Å². The van der Waals surface area contributed by atoms with E-state index in [1.807, 2.05) is 61.6 Å². The zero-order chi connectivity index (χ0) is 19.6. The van der Waals surface area contributed by atoms with Gasteiger partial charge in [0.15, 0.2) is 5.96 Å². The number of carbonyl (C=O) groups excluding carboxylic acids is 1. The molecule has 144 valence electrons. The maximum absolute atomic E-state index is 11.7. The lowest BCUT2D eigenvalue weighted by molar-refractivity contribution is 0.0963. The number of aromatic nitrogens is 1. The van der Waals surface area contributed by atoms with Crippen molar-refractivity contribution in [2.45, 2.75) is 13.0 Å². The fourth-order valence-corrected chi connectivity index (χ4v) is 2.56. The number of amides is 1. The molecule has 27 heavy (non-hydrogen) atoms. The predicted molar refractivity (Wildman–Crippen MR) is 110 cm³/mol. The van der Waals surface area contributed by atoms with Crippen molar-refractivity contribution in [3.05, 3.63) is 59.3 Å². The molecule has 7 heteroatoms. The first-order valence-electron chi connectivity index (χ1n) is 8.91. The summed E-state index contributed by atoms with van der Waals surface area (Å²) in [5, 5.41) is 9.25. The van der Waals surface area contributed by atoms with Gasteiger partial charge in [0.05, 0.1) is 0 Å². The van der Waals surface area contributed by atoms with E-state index in [0.29, 0.717) is 12.1 Å². The number of hydrogen-bond acceptors (Lipinski definition) is 4. The summed E-state index contributed by atoms with van der Waals surface area (Å²) in [5.41, 5.74) is 2.91. The molecule has 0 aliphatic rings. The zero-order valence-corrected chi connectivity index (χ0v) is 16.4. The molecule has 7 nitrogen and oxygen atoms in total. The fraction of sp³-hybridized carbons (Fsp3) is 0.350. The van der Waals surface area contributed by atoms with E-state index in [1.54, 1.807) is 14.1 Å². The smallest absolute Gasteiger partial charge is 0.251 e. The van der Waals surface area contributed by atoms with Gasteiger partial charge < -0.3 is 20.9 Å². The van der Waals surface area contributed by atoms with E-state index in [-0.39, 0.29) is 5.91 Å². The van der Waals surface area contributed by atoms with Crippen LogP contribution >= 0.6 is 0 Å². The number of benzene rings is 1. The standard InChI is InChI=1S/C20H28N6O/c1-21-19(27)17-7-5-6-15(12-17)8-11-24-20(22-2)25-14-16-9-10-23-18(13-16)26(3)4/h5-7,9-10,12-13H,8,11,14H2,1-4H3,(H,21,27)(H2,22,24,25). The van der Waals surface area contributed by atoms with Crippen molar-refractivity contribution in [1.82, 2.24) is 20.9 Å². The summed E-state index contributed by atoms with van der Waals surface area (Å²) in [6.07, 6.45) is 2.60. The van der Waals surface area contributed by atoms with Crippen molar-refractivity contribution >= 4 is 17.7 Å². The number of anilines is 1. The molecule has 0 unspecified atom stereocenters. The number of nitrogens with zero attached hydrogens (tertiary/aromatic N) is 3. The molecule has 0 atom stereocenters. The molecule has 0 aliphatic heterocycles. The second-order valence-electron chi connectivity index (χ2n) is 6.30. The van der Waals surface area contributed by atoms with Crippen molar-refractivity contribution < 1.29 is 4.79 Å². The third-order valence-electron chi connectivity index (χ3n) is 4.07. The van der Waals surface area contributed by atoms with Crippen molar-refractivity contribution in [2.24, 2.45) is 4.99 Å². The molecule has 0 saturated heterocycles. The Labute approximate surface area is 160 Å². The number of carbonyl (C=O) groups is 1. The lowest BCUT2D eigenvalue weighted by Gasteiger charge is -2.14. The number of nitrogens with one attached hydrogen (secondary N) is 3. The molecule has 1 aromatic carbocycles. The van der Waals surface area contributed by atoms with Crippen LogP contribution in [0.15, 0.2) is 47.6 Å². The maximum atomic E-state index is 11.7. The van der Waals surface area contributed by atoms with Gasteiger partial charge in [0.25, 0.3) is 5.91 Å². The van der Waals surface area contributed by atoms with Gasteiger partial charge >= 0.3 is 0 Å². The van der Waals surface area contributed by atoms with E-state index in [2.05, 4.69) is 25.9 Å². The normalized spacial score (nSPS) is 11.0. The largest absolute Gasteiger partial charge is 0.363 e. The molecule has 1 aromatic heterocycles. The molecule has 0 bridgehead atoms. The molecule has 2 rings (SSSR count). The van der Waals surface area contributed by atoms with Gasteiger partial charge in [-0.25, -0.2) is 4.98 Å². The Kier molecular flexibility index (Phi) is 7.61. The van der Waals surface area contributed by atoms with Crippen LogP contribution in [0.5, 0.6) is 0 Å². The summed E-state index contributed by atoms with van der Waals surface area (Å²) < 4.78 is 0. The molecule has 1 heterocycles. The number of pyridine rings is 1. The van der Waals surface area contributed by atoms with Crippen LogP contribution in [0.4, 0.5) is 5.82 Å². The minimum Gasteiger partial charge on any atom is -0.363 e. The first-order chi connectivity index (χ1) is 13.0. The summed E-state index contributed by atoms with van der Waals surface area (Å²) in [4.78, 5) is 22.3. The number of aliphatic imine (C=N–C) groups is 1. The summed E-state index contributed by atoms with van der Waals surface area (Å²) in [6.45, 7) is 1.38. The Bertz CT molecular complexity index is 788. The lowest BCUT2D eigenvalue weighted by atomic mass is 10.1. The zero-order valence-electron chi connectivity index (χ0n) is 16.4. The molecular weight excluding hydrogens is 340 g/mol. The van der Waals surface area contributed by atoms with Gasteiger partial charge in [0, 0.05) is 53.0 Å². The molecule has 0 spiro atoms. The number of guanidine groups is 1. The summed E-state index contributed by atoms with van der Waals surface area (Å²) >= 11 is 0. The molecule has 0 radical (unpaired) electrons. The van der Waals surface area contributed by atoms with Crippen molar-refractivity contribution in [1.29, 1.82) is 0 Å². The Morgan fingerprint density at radius 3 is 2.67 bits per heavy atom. The van der Waals surface area contributed by atoms with E-state index in [1.165, 1.54) is 0 Å². The van der Waals surface area contributed by atoms with E-state index < -0.39 is 0 Å². The van der Waals surface area contributed by atoms with E-state index in [4.69, 9.17) is 0 Å². The Hall–Kier alpha value is -3.09. The first kappa shape index (κ1) is 20.2. The quantitative estimate of drug-likeness (QED) is 0.509. The Morgan fingerprint density at radius 2 is 1.96 bits per heavy atom. The van der Waals surface area contributed by atoms with E-state index in [0.717, 1.165) is 35.9 Å². The van der Waals surface area contributed by atoms with E-state index >= 15 is 0 Å². The minimum atomic E-state index is -0.0725. The predicted octanol–water partition coefficient (Wildman–Crippen LogP) is 1.41. The second kappa shape index (κ2) is 10.2. The number of rotatable bonds is 7.